The van der Waals surface area contributed by atoms with Crippen molar-refractivity contribution in [3.05, 3.63) is 0 Å². The Bertz CT molecular complexity index is 256. The van der Waals surface area contributed by atoms with Gasteiger partial charge in [0.25, 0.3) is 0 Å². The van der Waals surface area contributed by atoms with Crippen molar-refractivity contribution in [2.45, 2.75) is 38.6 Å². The molecule has 0 spiro atoms. The van der Waals surface area contributed by atoms with Crippen LogP contribution in [0.25, 0.3) is 0 Å². The van der Waals surface area contributed by atoms with Crippen LogP contribution >= 0.6 is 0 Å². The number of unbranched alkanes of at least 4 members (excludes halogenated alkanes) is 1. The average Bonchev–Trinajstić information content (AvgIpc) is 2.43. The van der Waals surface area contributed by atoms with E-state index in [1.54, 1.807) is 4.90 Å². The lowest BCUT2D eigenvalue weighted by Gasteiger charge is -2.26. The average molecular weight is 228 g/mol. The molecule has 0 saturated carbocycles. The van der Waals surface area contributed by atoms with Crippen molar-refractivity contribution in [1.29, 1.82) is 0 Å². The first-order valence-electron chi connectivity index (χ1n) is 5.88. The van der Waals surface area contributed by atoms with Gasteiger partial charge in [0.1, 0.15) is 6.04 Å². The van der Waals surface area contributed by atoms with E-state index >= 15 is 0 Å². The molecule has 5 nitrogen and oxygen atoms in total. The first-order valence-corrected chi connectivity index (χ1v) is 5.88. The molecule has 1 heterocycles. The van der Waals surface area contributed by atoms with E-state index < -0.39 is 12.0 Å². The molecule has 1 saturated heterocycles. The third-order valence-corrected chi connectivity index (χ3v) is 2.85. The molecule has 1 aliphatic rings. The molecule has 0 aliphatic carbocycles. The molecular formula is C11H20N2O3. The zero-order chi connectivity index (χ0) is 12.0. The Labute approximate surface area is 95.8 Å². The predicted molar refractivity (Wildman–Crippen MR) is 60.1 cm³/mol. The van der Waals surface area contributed by atoms with Gasteiger partial charge >= 0.3 is 5.97 Å². The van der Waals surface area contributed by atoms with E-state index in [1.165, 1.54) is 0 Å². The van der Waals surface area contributed by atoms with Gasteiger partial charge in [0.05, 0.1) is 6.54 Å². The summed E-state index contributed by atoms with van der Waals surface area (Å²) >= 11 is 0. The van der Waals surface area contributed by atoms with Crippen LogP contribution in [0.1, 0.15) is 32.6 Å². The molecule has 2 N–H and O–H groups in total. The Hall–Kier alpha value is -1.10. The van der Waals surface area contributed by atoms with E-state index in [0.717, 1.165) is 19.3 Å². The molecule has 1 rings (SSSR count). The Morgan fingerprint density at radius 3 is 3.00 bits per heavy atom. The number of carbonyl (C=O) groups excluding carboxylic acids is 1. The number of carboxylic acids is 1. The molecule has 0 bridgehead atoms. The molecule has 0 aromatic heterocycles. The highest BCUT2D eigenvalue weighted by Gasteiger charge is 2.27. The minimum absolute atomic E-state index is 0.0692. The van der Waals surface area contributed by atoms with Crippen LogP contribution in [0.5, 0.6) is 0 Å². The first kappa shape index (κ1) is 13.0. The molecule has 1 unspecified atom stereocenters. The maximum Gasteiger partial charge on any atom is 0.320 e. The van der Waals surface area contributed by atoms with Gasteiger partial charge in [0.15, 0.2) is 0 Å². The number of rotatable bonds is 5. The lowest BCUT2D eigenvalue weighted by molar-refractivity contribution is -0.144. The van der Waals surface area contributed by atoms with E-state index in [4.69, 9.17) is 5.11 Å². The standard InChI is InChI=1S/C11H20N2O3/c1-2-3-5-9(11(15)16)13-7-4-6-12-10(14)8-13/h9H,2-8H2,1H3,(H,12,14)(H,15,16). The summed E-state index contributed by atoms with van der Waals surface area (Å²) in [7, 11) is 0. The topological polar surface area (TPSA) is 69.6 Å². The summed E-state index contributed by atoms with van der Waals surface area (Å²) in [4.78, 5) is 24.3. The lowest BCUT2D eigenvalue weighted by Crippen LogP contribution is -2.44. The second-order valence-corrected chi connectivity index (χ2v) is 4.17. The Morgan fingerprint density at radius 2 is 2.38 bits per heavy atom. The van der Waals surface area contributed by atoms with E-state index in [-0.39, 0.29) is 12.5 Å². The number of hydrogen-bond acceptors (Lipinski definition) is 3. The molecule has 1 aliphatic heterocycles. The molecule has 1 fully saturated rings. The van der Waals surface area contributed by atoms with Crippen LogP contribution in [0.4, 0.5) is 0 Å². The predicted octanol–water partition coefficient (Wildman–Crippen LogP) is 0.452. The van der Waals surface area contributed by atoms with E-state index in [9.17, 15) is 9.59 Å². The van der Waals surface area contributed by atoms with Crippen molar-refractivity contribution in [1.82, 2.24) is 10.2 Å². The van der Waals surface area contributed by atoms with Gasteiger partial charge in [-0.25, -0.2) is 0 Å². The molecule has 0 radical (unpaired) electrons. The van der Waals surface area contributed by atoms with Gasteiger partial charge in [0, 0.05) is 13.1 Å². The van der Waals surface area contributed by atoms with Gasteiger partial charge < -0.3 is 10.4 Å². The van der Waals surface area contributed by atoms with Gasteiger partial charge in [-0.15, -0.1) is 0 Å². The summed E-state index contributed by atoms with van der Waals surface area (Å²) in [6.45, 7) is 3.57. The second kappa shape index (κ2) is 6.48. The number of nitrogens with zero attached hydrogens (tertiary/aromatic N) is 1. The van der Waals surface area contributed by atoms with Gasteiger partial charge in [-0.3, -0.25) is 14.5 Å². The zero-order valence-electron chi connectivity index (χ0n) is 9.74. The number of carbonyl (C=O) groups is 2. The van der Waals surface area contributed by atoms with Crippen molar-refractivity contribution in [2.24, 2.45) is 0 Å². The smallest absolute Gasteiger partial charge is 0.320 e. The van der Waals surface area contributed by atoms with Crippen LogP contribution in [0.3, 0.4) is 0 Å². The maximum absolute atomic E-state index is 11.3. The van der Waals surface area contributed by atoms with Crippen molar-refractivity contribution < 1.29 is 14.7 Å². The van der Waals surface area contributed by atoms with E-state index in [1.807, 2.05) is 6.92 Å². The number of hydrogen-bond donors (Lipinski definition) is 2. The lowest BCUT2D eigenvalue weighted by atomic mass is 10.1. The monoisotopic (exact) mass is 228 g/mol. The first-order chi connectivity index (χ1) is 7.65. The Morgan fingerprint density at radius 1 is 1.62 bits per heavy atom. The minimum atomic E-state index is -0.817. The van der Waals surface area contributed by atoms with Crippen molar-refractivity contribution in [2.75, 3.05) is 19.6 Å². The van der Waals surface area contributed by atoms with Crippen LogP contribution < -0.4 is 5.32 Å². The zero-order valence-corrected chi connectivity index (χ0v) is 9.74. The molecule has 16 heavy (non-hydrogen) atoms. The van der Waals surface area contributed by atoms with Gasteiger partial charge in [-0.05, 0) is 12.8 Å². The van der Waals surface area contributed by atoms with Gasteiger partial charge in [-0.1, -0.05) is 19.8 Å². The van der Waals surface area contributed by atoms with Crippen LogP contribution in [0.15, 0.2) is 0 Å². The van der Waals surface area contributed by atoms with Crippen LogP contribution in [-0.2, 0) is 9.59 Å². The summed E-state index contributed by atoms with van der Waals surface area (Å²) in [5.74, 6) is -0.886. The van der Waals surface area contributed by atoms with E-state index in [0.29, 0.717) is 19.5 Å². The number of nitrogens with one attached hydrogen (secondary N) is 1. The van der Waals surface area contributed by atoms with Gasteiger partial charge in [-0.2, -0.15) is 0 Å². The molecule has 1 amide bonds. The van der Waals surface area contributed by atoms with Crippen LogP contribution in [0.2, 0.25) is 0 Å². The molecule has 0 aromatic rings. The Kier molecular flexibility index (Phi) is 5.25. The molecule has 1 atom stereocenters. The molecule has 0 aromatic carbocycles. The molecular weight excluding hydrogens is 208 g/mol. The highest BCUT2D eigenvalue weighted by atomic mass is 16.4. The maximum atomic E-state index is 11.3. The summed E-state index contributed by atoms with van der Waals surface area (Å²) in [6, 6.07) is -0.510. The highest BCUT2D eigenvalue weighted by molar-refractivity contribution is 5.80. The summed E-state index contributed by atoms with van der Waals surface area (Å²) < 4.78 is 0. The largest absolute Gasteiger partial charge is 0.480 e. The van der Waals surface area contributed by atoms with Gasteiger partial charge in [0.2, 0.25) is 5.91 Å². The fraction of sp³-hybridized carbons (Fsp3) is 0.818. The summed E-state index contributed by atoms with van der Waals surface area (Å²) in [5, 5.41) is 11.9. The van der Waals surface area contributed by atoms with Crippen molar-refractivity contribution in [3.63, 3.8) is 0 Å². The molecule has 92 valence electrons. The third-order valence-electron chi connectivity index (χ3n) is 2.85. The van der Waals surface area contributed by atoms with Crippen LogP contribution in [0, 0.1) is 0 Å². The second-order valence-electron chi connectivity index (χ2n) is 4.17. The quantitative estimate of drug-likeness (QED) is 0.717. The minimum Gasteiger partial charge on any atom is -0.480 e. The fourth-order valence-corrected chi connectivity index (χ4v) is 1.96. The normalized spacial score (nSPS) is 19.9. The van der Waals surface area contributed by atoms with Crippen molar-refractivity contribution in [3.8, 4) is 0 Å². The number of aliphatic carboxylic acids is 1. The SMILES string of the molecule is CCCCC(C(=O)O)N1CCCNC(=O)C1. The van der Waals surface area contributed by atoms with E-state index in [2.05, 4.69) is 5.32 Å². The number of carboxylic acid groups (broad SMARTS) is 1. The summed E-state index contributed by atoms with van der Waals surface area (Å²) in [6.07, 6.45) is 3.31. The van der Waals surface area contributed by atoms with Crippen molar-refractivity contribution >= 4 is 11.9 Å². The molecule has 5 heteroatoms. The third kappa shape index (κ3) is 3.81. The van der Waals surface area contributed by atoms with Crippen LogP contribution in [-0.4, -0.2) is 47.6 Å². The Balaban J connectivity index is 2.60. The number of amides is 1. The highest BCUT2D eigenvalue weighted by Crippen LogP contribution is 2.11. The fourth-order valence-electron chi connectivity index (χ4n) is 1.96. The summed E-state index contributed by atoms with van der Waals surface area (Å²) in [5.41, 5.74) is 0.